The van der Waals surface area contributed by atoms with Gasteiger partial charge in [-0.05, 0) is 18.6 Å². The molecule has 0 spiro atoms. The Morgan fingerprint density at radius 2 is 1.86 bits per heavy atom. The van der Waals surface area contributed by atoms with E-state index < -0.39 is 0 Å². The van der Waals surface area contributed by atoms with Gasteiger partial charge in [-0.3, -0.25) is 0 Å². The van der Waals surface area contributed by atoms with Crippen LogP contribution in [0.3, 0.4) is 0 Å². The Balaban J connectivity index is 2.06. The Bertz CT molecular complexity index is 563. The fourth-order valence-corrected chi connectivity index (χ4v) is 3.12. The summed E-state index contributed by atoms with van der Waals surface area (Å²) in [4.78, 5) is 4.68. The molecular formula is C17H24Cl2N2. The van der Waals surface area contributed by atoms with Crippen molar-refractivity contribution in [2.24, 2.45) is 0 Å². The van der Waals surface area contributed by atoms with Crippen LogP contribution in [-0.2, 0) is 13.0 Å². The molecule has 0 atom stereocenters. The van der Waals surface area contributed by atoms with Gasteiger partial charge in [0, 0.05) is 18.8 Å². The van der Waals surface area contributed by atoms with E-state index in [9.17, 15) is 0 Å². The fourth-order valence-electron chi connectivity index (χ4n) is 2.74. The topological polar surface area (TPSA) is 17.8 Å². The van der Waals surface area contributed by atoms with Gasteiger partial charge in [0.15, 0.2) is 0 Å². The molecule has 0 amide bonds. The molecule has 21 heavy (non-hydrogen) atoms. The van der Waals surface area contributed by atoms with Gasteiger partial charge in [0.1, 0.15) is 11.3 Å². The molecule has 0 unspecified atom stereocenters. The summed E-state index contributed by atoms with van der Waals surface area (Å²) < 4.78 is 2.30. The highest BCUT2D eigenvalue weighted by Crippen LogP contribution is 2.25. The van der Waals surface area contributed by atoms with Crippen molar-refractivity contribution < 1.29 is 0 Å². The van der Waals surface area contributed by atoms with E-state index in [2.05, 4.69) is 22.5 Å². The molecule has 4 heteroatoms. The molecule has 1 aromatic carbocycles. The Hall–Kier alpha value is -0.730. The summed E-state index contributed by atoms with van der Waals surface area (Å²) in [5.41, 5.74) is 2.04. The Morgan fingerprint density at radius 3 is 2.62 bits per heavy atom. The number of hydrogen-bond acceptors (Lipinski definition) is 1. The minimum absolute atomic E-state index is 0.595. The molecule has 0 aliphatic heterocycles. The van der Waals surface area contributed by atoms with Crippen LogP contribution in [0.2, 0.25) is 5.02 Å². The molecule has 1 heterocycles. The first kappa shape index (κ1) is 16.6. The molecule has 0 aliphatic rings. The van der Waals surface area contributed by atoms with Crippen LogP contribution in [0.15, 0.2) is 18.2 Å². The number of imidazole rings is 1. The lowest BCUT2D eigenvalue weighted by atomic mass is 10.1. The van der Waals surface area contributed by atoms with Crippen molar-refractivity contribution in [1.29, 1.82) is 0 Å². The van der Waals surface area contributed by atoms with Gasteiger partial charge in [0.2, 0.25) is 0 Å². The molecule has 0 fully saturated rings. The lowest BCUT2D eigenvalue weighted by molar-refractivity contribution is 0.554. The maximum absolute atomic E-state index is 6.25. The van der Waals surface area contributed by atoms with Crippen molar-refractivity contribution in [3.63, 3.8) is 0 Å². The van der Waals surface area contributed by atoms with Gasteiger partial charge in [0.25, 0.3) is 0 Å². The Morgan fingerprint density at radius 1 is 1.10 bits per heavy atom. The number of aromatic nitrogens is 2. The van der Waals surface area contributed by atoms with E-state index >= 15 is 0 Å². The van der Waals surface area contributed by atoms with Crippen molar-refractivity contribution in [1.82, 2.24) is 9.55 Å². The van der Waals surface area contributed by atoms with Crippen LogP contribution in [-0.4, -0.2) is 15.4 Å². The summed E-state index contributed by atoms with van der Waals surface area (Å²) in [7, 11) is 0. The molecule has 0 saturated carbocycles. The number of hydrogen-bond donors (Lipinski definition) is 0. The predicted octanol–water partition coefficient (Wildman–Crippen LogP) is 5.83. The van der Waals surface area contributed by atoms with Crippen LogP contribution in [0.4, 0.5) is 0 Å². The van der Waals surface area contributed by atoms with Crippen molar-refractivity contribution in [2.75, 3.05) is 5.88 Å². The highest BCUT2D eigenvalue weighted by atomic mass is 35.5. The van der Waals surface area contributed by atoms with E-state index in [0.29, 0.717) is 5.88 Å². The maximum Gasteiger partial charge on any atom is 0.111 e. The van der Waals surface area contributed by atoms with Gasteiger partial charge >= 0.3 is 0 Å². The first-order valence-electron chi connectivity index (χ1n) is 7.97. The summed E-state index contributed by atoms with van der Waals surface area (Å²) in [5.74, 6) is 1.65. The fraction of sp³-hybridized carbons (Fsp3) is 0.588. The number of nitrogens with zero attached hydrogens (tertiary/aromatic N) is 2. The standard InChI is InChI=1S/C17H24Cl2N2/c1-2-3-4-5-6-7-13-21-15-10-8-9-14(19)17(15)20-16(21)11-12-18/h8-10H,2-7,11-13H2,1H3. The molecule has 0 aliphatic carbocycles. The third-order valence-electron chi connectivity index (χ3n) is 3.86. The van der Waals surface area contributed by atoms with Crippen molar-refractivity contribution in [2.45, 2.75) is 58.4 Å². The molecule has 2 nitrogen and oxygen atoms in total. The second-order valence-corrected chi connectivity index (χ2v) is 6.28. The van der Waals surface area contributed by atoms with E-state index in [-0.39, 0.29) is 0 Å². The number of rotatable bonds is 9. The second-order valence-electron chi connectivity index (χ2n) is 5.49. The molecule has 1 aromatic heterocycles. The predicted molar refractivity (Wildman–Crippen MR) is 92.5 cm³/mol. The second kappa shape index (κ2) is 8.65. The monoisotopic (exact) mass is 326 g/mol. The molecule has 0 saturated heterocycles. The third-order valence-corrected chi connectivity index (χ3v) is 4.36. The van der Waals surface area contributed by atoms with Crippen LogP contribution in [0.1, 0.15) is 51.3 Å². The first-order valence-corrected chi connectivity index (χ1v) is 8.88. The Labute approximate surface area is 137 Å². The average Bonchev–Trinajstić information content (AvgIpc) is 2.83. The van der Waals surface area contributed by atoms with E-state index in [1.807, 2.05) is 12.1 Å². The number of halogens is 2. The smallest absolute Gasteiger partial charge is 0.111 e. The minimum Gasteiger partial charge on any atom is -0.328 e. The summed E-state index contributed by atoms with van der Waals surface area (Å²) in [6, 6.07) is 5.99. The minimum atomic E-state index is 0.595. The number of fused-ring (bicyclic) bond motifs is 1. The lowest BCUT2D eigenvalue weighted by Crippen LogP contribution is -2.05. The summed E-state index contributed by atoms with van der Waals surface area (Å²) in [6.45, 7) is 3.26. The van der Waals surface area contributed by atoms with Crippen LogP contribution in [0.25, 0.3) is 11.0 Å². The Kier molecular flexibility index (Phi) is 6.85. The molecule has 116 valence electrons. The van der Waals surface area contributed by atoms with Gasteiger partial charge in [0.05, 0.1) is 10.5 Å². The summed E-state index contributed by atoms with van der Waals surface area (Å²) in [6.07, 6.45) is 8.58. The van der Waals surface area contributed by atoms with Crippen molar-refractivity contribution >= 4 is 34.2 Å². The number of unbranched alkanes of at least 4 members (excludes halogenated alkanes) is 5. The summed E-state index contributed by atoms with van der Waals surface area (Å²) >= 11 is 12.2. The zero-order chi connectivity index (χ0) is 15.1. The molecule has 0 radical (unpaired) electrons. The number of benzene rings is 1. The zero-order valence-electron chi connectivity index (χ0n) is 12.7. The first-order chi connectivity index (χ1) is 10.3. The van der Waals surface area contributed by atoms with Gasteiger partial charge in [-0.2, -0.15) is 0 Å². The van der Waals surface area contributed by atoms with Crippen LogP contribution in [0, 0.1) is 0 Å². The number of alkyl halides is 1. The third kappa shape index (κ3) is 4.37. The maximum atomic E-state index is 6.25. The quantitative estimate of drug-likeness (QED) is 0.418. The van der Waals surface area contributed by atoms with Crippen LogP contribution >= 0.6 is 23.2 Å². The van der Waals surface area contributed by atoms with E-state index in [1.54, 1.807) is 0 Å². The van der Waals surface area contributed by atoms with Gasteiger partial charge in [-0.15, -0.1) is 11.6 Å². The summed E-state index contributed by atoms with van der Waals surface area (Å²) in [5, 5.41) is 0.727. The largest absolute Gasteiger partial charge is 0.328 e. The molecule has 0 N–H and O–H groups in total. The van der Waals surface area contributed by atoms with Crippen LogP contribution < -0.4 is 0 Å². The van der Waals surface area contributed by atoms with Crippen LogP contribution in [0.5, 0.6) is 0 Å². The number of aryl methyl sites for hydroxylation is 2. The van der Waals surface area contributed by atoms with E-state index in [4.69, 9.17) is 23.2 Å². The lowest BCUT2D eigenvalue weighted by Gasteiger charge is -2.08. The van der Waals surface area contributed by atoms with Gasteiger partial charge in [-0.1, -0.05) is 56.7 Å². The molecule has 2 aromatic rings. The van der Waals surface area contributed by atoms with E-state index in [1.165, 1.54) is 38.5 Å². The van der Waals surface area contributed by atoms with Gasteiger partial charge < -0.3 is 4.57 Å². The normalized spacial score (nSPS) is 11.4. The molecular weight excluding hydrogens is 303 g/mol. The highest BCUT2D eigenvalue weighted by Gasteiger charge is 2.12. The molecule has 0 bridgehead atoms. The average molecular weight is 327 g/mol. The molecule has 2 rings (SSSR count). The van der Waals surface area contributed by atoms with Crippen molar-refractivity contribution in [3.05, 3.63) is 29.0 Å². The SMILES string of the molecule is CCCCCCCCn1c(CCCl)nc2c(Cl)cccc21. The number of para-hydroxylation sites is 1. The van der Waals surface area contributed by atoms with E-state index in [0.717, 1.165) is 34.8 Å². The zero-order valence-corrected chi connectivity index (χ0v) is 14.3. The van der Waals surface area contributed by atoms with Crippen molar-refractivity contribution in [3.8, 4) is 0 Å². The van der Waals surface area contributed by atoms with Gasteiger partial charge in [-0.25, -0.2) is 4.98 Å². The highest BCUT2D eigenvalue weighted by molar-refractivity contribution is 6.34.